The Morgan fingerprint density at radius 3 is 2.57 bits per heavy atom. The van der Waals surface area contributed by atoms with E-state index in [0.29, 0.717) is 12.3 Å². The van der Waals surface area contributed by atoms with Crippen LogP contribution in [0.1, 0.15) is 21.5 Å². The smallest absolute Gasteiger partial charge is 0.335 e. The Balaban J connectivity index is 2.11. The first-order valence-corrected chi connectivity index (χ1v) is 6.45. The maximum absolute atomic E-state index is 10.9. The maximum Gasteiger partial charge on any atom is 0.335 e. The van der Waals surface area contributed by atoms with Gasteiger partial charge >= 0.3 is 5.97 Å². The molecule has 0 fully saturated rings. The van der Waals surface area contributed by atoms with Crippen molar-refractivity contribution < 1.29 is 19.7 Å². The number of carboxylic acids is 1. The molecule has 0 unspecified atom stereocenters. The number of phenols is 1. The quantitative estimate of drug-likeness (QED) is 0.787. The molecule has 0 bridgehead atoms. The molecule has 0 heterocycles. The third-order valence-corrected chi connectivity index (χ3v) is 3.24. The molecule has 2 aromatic rings. The number of hydrogen-bond acceptors (Lipinski definition) is 4. The summed E-state index contributed by atoms with van der Waals surface area (Å²) in [7, 11) is 1.54. The van der Waals surface area contributed by atoms with E-state index >= 15 is 0 Å². The van der Waals surface area contributed by atoms with Crippen LogP contribution >= 0.6 is 0 Å². The van der Waals surface area contributed by atoms with Crippen LogP contribution in [-0.4, -0.2) is 23.3 Å². The van der Waals surface area contributed by atoms with Gasteiger partial charge in [-0.25, -0.2) is 4.79 Å². The maximum atomic E-state index is 10.9. The molecule has 0 saturated heterocycles. The molecule has 21 heavy (non-hydrogen) atoms. The fraction of sp³-hybridized carbons (Fsp3) is 0.188. The first-order valence-electron chi connectivity index (χ1n) is 6.45. The molecule has 0 aromatic heterocycles. The number of rotatable bonds is 5. The average molecular weight is 287 g/mol. The molecule has 0 aliphatic heterocycles. The zero-order chi connectivity index (χ0) is 15.4. The lowest BCUT2D eigenvalue weighted by Gasteiger charge is -2.12. The zero-order valence-electron chi connectivity index (χ0n) is 11.9. The highest BCUT2D eigenvalue weighted by Gasteiger charge is 2.07. The lowest BCUT2D eigenvalue weighted by Crippen LogP contribution is -2.03. The topological polar surface area (TPSA) is 78.8 Å². The monoisotopic (exact) mass is 287 g/mol. The molecule has 0 spiro atoms. The Kier molecular flexibility index (Phi) is 4.33. The van der Waals surface area contributed by atoms with Gasteiger partial charge in [0.05, 0.1) is 12.7 Å². The van der Waals surface area contributed by atoms with Crippen LogP contribution in [0.25, 0.3) is 0 Å². The van der Waals surface area contributed by atoms with Gasteiger partial charge < -0.3 is 20.3 Å². The summed E-state index contributed by atoms with van der Waals surface area (Å²) in [6.07, 6.45) is 0. The largest absolute Gasteiger partial charge is 0.507 e. The van der Waals surface area contributed by atoms with Crippen molar-refractivity contribution in [1.29, 1.82) is 0 Å². The van der Waals surface area contributed by atoms with E-state index in [1.807, 2.05) is 6.92 Å². The van der Waals surface area contributed by atoms with Crippen molar-refractivity contribution in [2.75, 3.05) is 12.4 Å². The Labute approximate surface area is 122 Å². The number of methoxy groups -OCH3 is 1. The second-order valence-electron chi connectivity index (χ2n) is 4.68. The summed E-state index contributed by atoms with van der Waals surface area (Å²) < 4.78 is 5.03. The van der Waals surface area contributed by atoms with Crippen LogP contribution in [0.5, 0.6) is 11.5 Å². The SMILES string of the molecule is COc1ccc(CNc2ccc(C(=O)O)cc2C)c(O)c1. The summed E-state index contributed by atoms with van der Waals surface area (Å²) in [5.41, 5.74) is 2.65. The number of carbonyl (C=O) groups is 1. The first-order chi connectivity index (χ1) is 10.0. The number of anilines is 1. The minimum atomic E-state index is -0.947. The molecule has 2 rings (SSSR count). The number of nitrogens with one attached hydrogen (secondary N) is 1. The van der Waals surface area contributed by atoms with Gasteiger partial charge in [0.25, 0.3) is 0 Å². The molecule has 0 aliphatic rings. The Morgan fingerprint density at radius 2 is 2.00 bits per heavy atom. The molecular formula is C16H17NO4. The van der Waals surface area contributed by atoms with E-state index in [9.17, 15) is 9.90 Å². The van der Waals surface area contributed by atoms with Gasteiger partial charge in [0, 0.05) is 23.9 Å². The minimum Gasteiger partial charge on any atom is -0.507 e. The van der Waals surface area contributed by atoms with Crippen molar-refractivity contribution in [3.8, 4) is 11.5 Å². The number of aryl methyl sites for hydroxylation is 1. The van der Waals surface area contributed by atoms with E-state index in [1.54, 1.807) is 43.5 Å². The van der Waals surface area contributed by atoms with E-state index in [-0.39, 0.29) is 11.3 Å². The average Bonchev–Trinajstić information content (AvgIpc) is 2.46. The van der Waals surface area contributed by atoms with E-state index in [0.717, 1.165) is 16.8 Å². The van der Waals surface area contributed by atoms with E-state index < -0.39 is 5.97 Å². The van der Waals surface area contributed by atoms with Crippen LogP contribution in [0.15, 0.2) is 36.4 Å². The van der Waals surface area contributed by atoms with Crippen LogP contribution in [0.3, 0.4) is 0 Å². The van der Waals surface area contributed by atoms with Crippen LogP contribution in [0.2, 0.25) is 0 Å². The third-order valence-electron chi connectivity index (χ3n) is 3.24. The molecule has 5 heteroatoms. The van der Waals surface area contributed by atoms with Crippen LogP contribution in [0.4, 0.5) is 5.69 Å². The summed E-state index contributed by atoms with van der Waals surface area (Å²) in [6, 6.07) is 9.99. The highest BCUT2D eigenvalue weighted by atomic mass is 16.5. The molecule has 0 amide bonds. The van der Waals surface area contributed by atoms with Gasteiger partial charge in [-0.1, -0.05) is 0 Å². The number of aromatic carboxylic acids is 1. The van der Waals surface area contributed by atoms with Crippen LogP contribution in [0, 0.1) is 6.92 Å². The molecule has 0 saturated carbocycles. The fourth-order valence-electron chi connectivity index (χ4n) is 2.01. The minimum absolute atomic E-state index is 0.154. The Morgan fingerprint density at radius 1 is 1.24 bits per heavy atom. The summed E-state index contributed by atoms with van der Waals surface area (Å²) >= 11 is 0. The molecule has 0 radical (unpaired) electrons. The van der Waals surface area contributed by atoms with Gasteiger partial charge in [0.2, 0.25) is 0 Å². The third kappa shape index (κ3) is 3.45. The predicted octanol–water partition coefficient (Wildman–Crippen LogP) is 3.02. The van der Waals surface area contributed by atoms with E-state index in [1.165, 1.54) is 0 Å². The standard InChI is InChI=1S/C16H17NO4/c1-10-7-11(16(19)20)4-6-14(10)17-9-12-3-5-13(21-2)8-15(12)18/h3-8,17-18H,9H2,1-2H3,(H,19,20). The van der Waals surface area contributed by atoms with Crippen molar-refractivity contribution in [2.24, 2.45) is 0 Å². The number of carboxylic acid groups (broad SMARTS) is 1. The number of hydrogen-bond donors (Lipinski definition) is 3. The van der Waals surface area contributed by atoms with Gasteiger partial charge in [-0.3, -0.25) is 0 Å². The Bertz CT molecular complexity index is 667. The summed E-state index contributed by atoms with van der Waals surface area (Å²) in [5.74, 6) is -0.197. The van der Waals surface area contributed by atoms with Crippen molar-refractivity contribution >= 4 is 11.7 Å². The molecular weight excluding hydrogens is 270 g/mol. The molecule has 5 nitrogen and oxygen atoms in total. The molecule has 2 aromatic carbocycles. The second kappa shape index (κ2) is 6.17. The summed E-state index contributed by atoms with van der Waals surface area (Å²) in [6.45, 7) is 2.27. The van der Waals surface area contributed by atoms with E-state index in [4.69, 9.17) is 9.84 Å². The molecule has 3 N–H and O–H groups in total. The highest BCUT2D eigenvalue weighted by Crippen LogP contribution is 2.25. The normalized spacial score (nSPS) is 10.2. The van der Waals surface area contributed by atoms with Crippen molar-refractivity contribution in [1.82, 2.24) is 0 Å². The van der Waals surface area contributed by atoms with Gasteiger partial charge in [-0.05, 0) is 42.8 Å². The number of ether oxygens (including phenoxy) is 1. The van der Waals surface area contributed by atoms with Crippen molar-refractivity contribution in [2.45, 2.75) is 13.5 Å². The Hall–Kier alpha value is -2.69. The lowest BCUT2D eigenvalue weighted by molar-refractivity contribution is 0.0697. The van der Waals surface area contributed by atoms with Gasteiger partial charge in [0.1, 0.15) is 11.5 Å². The molecule has 110 valence electrons. The van der Waals surface area contributed by atoms with Crippen LogP contribution in [-0.2, 0) is 6.54 Å². The fourth-order valence-corrected chi connectivity index (χ4v) is 2.01. The predicted molar refractivity (Wildman–Crippen MR) is 80.1 cm³/mol. The number of aromatic hydroxyl groups is 1. The highest BCUT2D eigenvalue weighted by molar-refractivity contribution is 5.88. The summed E-state index contributed by atoms with van der Waals surface area (Å²) in [4.78, 5) is 10.9. The van der Waals surface area contributed by atoms with Crippen molar-refractivity contribution in [3.63, 3.8) is 0 Å². The second-order valence-corrected chi connectivity index (χ2v) is 4.68. The molecule has 0 aliphatic carbocycles. The van der Waals surface area contributed by atoms with Gasteiger partial charge in [-0.15, -0.1) is 0 Å². The van der Waals surface area contributed by atoms with Crippen molar-refractivity contribution in [3.05, 3.63) is 53.1 Å². The summed E-state index contributed by atoms with van der Waals surface area (Å²) in [5, 5.41) is 22.0. The lowest BCUT2D eigenvalue weighted by atomic mass is 10.1. The van der Waals surface area contributed by atoms with Gasteiger partial charge in [0.15, 0.2) is 0 Å². The first kappa shape index (κ1) is 14.7. The van der Waals surface area contributed by atoms with Crippen LogP contribution < -0.4 is 10.1 Å². The number of phenolic OH excluding ortho intramolecular Hbond substituents is 1. The molecule has 0 atom stereocenters. The van der Waals surface area contributed by atoms with Gasteiger partial charge in [-0.2, -0.15) is 0 Å². The zero-order valence-corrected chi connectivity index (χ0v) is 11.9. The van der Waals surface area contributed by atoms with E-state index in [2.05, 4.69) is 5.32 Å². The number of benzene rings is 2.